The third-order valence-corrected chi connectivity index (χ3v) is 4.63. The molecule has 4 N–H and O–H groups in total. The van der Waals surface area contributed by atoms with Gasteiger partial charge >= 0.3 is 0 Å². The van der Waals surface area contributed by atoms with Gasteiger partial charge in [0.05, 0.1) is 0 Å². The minimum atomic E-state index is -0.135. The van der Waals surface area contributed by atoms with Gasteiger partial charge < -0.3 is 16.2 Å². The zero-order valence-corrected chi connectivity index (χ0v) is 12.9. The lowest BCUT2D eigenvalue weighted by Gasteiger charge is -2.18. The number of guanidine groups is 1. The van der Waals surface area contributed by atoms with Gasteiger partial charge in [0, 0.05) is 28.8 Å². The lowest BCUT2D eigenvalue weighted by Crippen LogP contribution is -2.24. The first kappa shape index (κ1) is 14.1. The van der Waals surface area contributed by atoms with Crippen LogP contribution in [0.1, 0.15) is 36.1 Å². The number of fused-ring (bicyclic) bond motifs is 1. The van der Waals surface area contributed by atoms with Crippen molar-refractivity contribution in [2.45, 2.75) is 51.5 Å². The van der Waals surface area contributed by atoms with E-state index in [1.54, 1.807) is 0 Å². The summed E-state index contributed by atoms with van der Waals surface area (Å²) >= 11 is 1.34. The average Bonchev–Trinajstić information content (AvgIpc) is 2.62. The molecule has 0 aliphatic carbocycles. The molecule has 2 rings (SSSR count). The topological polar surface area (TPSA) is 73.6 Å². The Hall–Kier alpha value is -1.36. The number of hydrogen-bond donors (Lipinski definition) is 2. The summed E-state index contributed by atoms with van der Waals surface area (Å²) in [5, 5.41) is 0. The van der Waals surface area contributed by atoms with Crippen LogP contribution in [0.4, 0.5) is 0 Å². The Morgan fingerprint density at radius 2 is 1.79 bits per heavy atom. The summed E-state index contributed by atoms with van der Waals surface area (Å²) < 4.78 is 10.1. The van der Waals surface area contributed by atoms with Gasteiger partial charge in [-0.3, -0.25) is 0 Å². The Kier molecular flexibility index (Phi) is 3.43. The number of ether oxygens (including phenoxy) is 1. The summed E-state index contributed by atoms with van der Waals surface area (Å²) in [5.74, 6) is 1.13. The van der Waals surface area contributed by atoms with E-state index in [0.717, 1.165) is 17.1 Å². The first-order chi connectivity index (χ1) is 8.73. The fourth-order valence-corrected chi connectivity index (χ4v) is 3.23. The third-order valence-electron chi connectivity index (χ3n) is 3.53. The molecule has 5 heteroatoms. The monoisotopic (exact) mass is 279 g/mol. The number of hydrogen-bond acceptors (Lipinski definition) is 3. The average molecular weight is 279 g/mol. The maximum absolute atomic E-state index is 6.07. The number of nitrogens with two attached hydrogens (primary N) is 2. The minimum Gasteiger partial charge on any atom is -0.487 e. The molecule has 1 aliphatic rings. The summed E-state index contributed by atoms with van der Waals surface area (Å²) in [6.45, 7) is 10.5. The van der Waals surface area contributed by atoms with Crippen LogP contribution in [0.3, 0.4) is 0 Å². The smallest absolute Gasteiger partial charge is 0.198 e. The van der Waals surface area contributed by atoms with Crippen LogP contribution in [0, 0.1) is 20.8 Å². The summed E-state index contributed by atoms with van der Waals surface area (Å²) in [6, 6.07) is 0. The van der Waals surface area contributed by atoms with E-state index < -0.39 is 0 Å². The SMILES string of the molecule is Cc1c(C)c(SN=C(N)N)c(C)c2c1OC(C)(C)C2. The van der Waals surface area contributed by atoms with Crippen molar-refractivity contribution in [3.63, 3.8) is 0 Å². The second kappa shape index (κ2) is 4.63. The molecule has 0 amide bonds. The van der Waals surface area contributed by atoms with Crippen LogP contribution in [0.2, 0.25) is 0 Å². The van der Waals surface area contributed by atoms with E-state index in [4.69, 9.17) is 16.2 Å². The Morgan fingerprint density at radius 1 is 1.16 bits per heavy atom. The molecule has 0 radical (unpaired) electrons. The summed E-state index contributed by atoms with van der Waals surface area (Å²) in [6.07, 6.45) is 0.921. The van der Waals surface area contributed by atoms with Crippen LogP contribution >= 0.6 is 11.9 Å². The quantitative estimate of drug-likeness (QED) is 0.496. The highest BCUT2D eigenvalue weighted by atomic mass is 32.2. The molecule has 1 heterocycles. The Balaban J connectivity index is 2.55. The highest BCUT2D eigenvalue weighted by Gasteiger charge is 2.34. The molecule has 0 aromatic heterocycles. The van der Waals surface area contributed by atoms with Crippen LogP contribution in [0.5, 0.6) is 5.75 Å². The molecule has 19 heavy (non-hydrogen) atoms. The van der Waals surface area contributed by atoms with Crippen LogP contribution in [-0.4, -0.2) is 11.6 Å². The minimum absolute atomic E-state index is 0.0959. The van der Waals surface area contributed by atoms with E-state index in [-0.39, 0.29) is 11.6 Å². The third kappa shape index (κ3) is 2.52. The fraction of sp³-hybridized carbons (Fsp3) is 0.500. The second-order valence-electron chi connectivity index (χ2n) is 5.66. The lowest BCUT2D eigenvalue weighted by atomic mass is 9.94. The molecule has 4 nitrogen and oxygen atoms in total. The molecule has 0 saturated carbocycles. The second-order valence-corrected chi connectivity index (χ2v) is 6.43. The van der Waals surface area contributed by atoms with Gasteiger partial charge in [-0.2, -0.15) is 4.40 Å². The molecule has 0 saturated heterocycles. The van der Waals surface area contributed by atoms with Gasteiger partial charge in [0.2, 0.25) is 0 Å². The predicted octanol–water partition coefficient (Wildman–Crippen LogP) is 2.61. The van der Waals surface area contributed by atoms with Gasteiger partial charge in [0.1, 0.15) is 11.4 Å². The van der Waals surface area contributed by atoms with Gasteiger partial charge in [-0.15, -0.1) is 0 Å². The highest BCUT2D eigenvalue weighted by molar-refractivity contribution is 7.98. The van der Waals surface area contributed by atoms with Gasteiger partial charge in [0.25, 0.3) is 0 Å². The summed E-state index contributed by atoms with van der Waals surface area (Å²) in [7, 11) is 0. The molecule has 0 fully saturated rings. The van der Waals surface area contributed by atoms with E-state index in [2.05, 4.69) is 39.0 Å². The van der Waals surface area contributed by atoms with Crippen molar-refractivity contribution in [2.75, 3.05) is 0 Å². The molecule has 0 unspecified atom stereocenters. The van der Waals surface area contributed by atoms with Crippen molar-refractivity contribution in [1.82, 2.24) is 0 Å². The number of benzene rings is 1. The zero-order valence-electron chi connectivity index (χ0n) is 12.1. The van der Waals surface area contributed by atoms with Crippen molar-refractivity contribution in [3.05, 3.63) is 22.3 Å². The van der Waals surface area contributed by atoms with Crippen molar-refractivity contribution in [2.24, 2.45) is 15.9 Å². The first-order valence-corrected chi connectivity index (χ1v) is 7.08. The van der Waals surface area contributed by atoms with Crippen molar-refractivity contribution < 1.29 is 4.74 Å². The molecule has 1 aromatic carbocycles. The van der Waals surface area contributed by atoms with E-state index in [1.165, 1.54) is 34.2 Å². The molecule has 104 valence electrons. The zero-order chi connectivity index (χ0) is 14.4. The normalized spacial score (nSPS) is 15.8. The molecular weight excluding hydrogens is 258 g/mol. The standard InChI is InChI=1S/C14H21N3OS/c1-7-8(2)12(19-17-13(15)16)9(3)10-6-14(4,5)18-11(7)10/h6H2,1-5H3,(H4,15,16,17). The molecule has 0 atom stereocenters. The van der Waals surface area contributed by atoms with Crippen LogP contribution < -0.4 is 16.2 Å². The first-order valence-electron chi connectivity index (χ1n) is 6.30. The van der Waals surface area contributed by atoms with Crippen molar-refractivity contribution in [3.8, 4) is 5.75 Å². The van der Waals surface area contributed by atoms with Gasteiger partial charge in [-0.1, -0.05) is 0 Å². The molecule has 0 bridgehead atoms. The molecule has 0 spiro atoms. The molecular formula is C14H21N3OS. The van der Waals surface area contributed by atoms with E-state index in [1.807, 2.05) is 0 Å². The fourth-order valence-electron chi connectivity index (χ4n) is 2.48. The Labute approximate surface area is 118 Å². The highest BCUT2D eigenvalue weighted by Crippen LogP contribution is 2.45. The molecule has 1 aromatic rings. The van der Waals surface area contributed by atoms with Crippen LogP contribution in [0.15, 0.2) is 9.29 Å². The van der Waals surface area contributed by atoms with Gasteiger partial charge in [0.15, 0.2) is 5.96 Å². The van der Waals surface area contributed by atoms with Crippen LogP contribution in [0.25, 0.3) is 0 Å². The lowest BCUT2D eigenvalue weighted by molar-refractivity contribution is 0.137. The van der Waals surface area contributed by atoms with Crippen molar-refractivity contribution >= 4 is 17.9 Å². The van der Waals surface area contributed by atoms with E-state index in [0.29, 0.717) is 0 Å². The van der Waals surface area contributed by atoms with E-state index >= 15 is 0 Å². The van der Waals surface area contributed by atoms with Gasteiger partial charge in [-0.05, 0) is 51.3 Å². The van der Waals surface area contributed by atoms with E-state index in [9.17, 15) is 0 Å². The maximum Gasteiger partial charge on any atom is 0.198 e. The maximum atomic E-state index is 6.07. The summed E-state index contributed by atoms with van der Waals surface area (Å²) in [5.41, 5.74) is 15.6. The van der Waals surface area contributed by atoms with Crippen molar-refractivity contribution in [1.29, 1.82) is 0 Å². The van der Waals surface area contributed by atoms with Crippen LogP contribution in [-0.2, 0) is 6.42 Å². The largest absolute Gasteiger partial charge is 0.487 e. The molecule has 1 aliphatic heterocycles. The predicted molar refractivity (Wildman–Crippen MR) is 80.7 cm³/mol. The Bertz CT molecular complexity index is 561. The summed E-state index contributed by atoms with van der Waals surface area (Å²) in [4.78, 5) is 1.13. The number of rotatable bonds is 2. The Morgan fingerprint density at radius 3 is 2.37 bits per heavy atom. The van der Waals surface area contributed by atoms with Gasteiger partial charge in [-0.25, -0.2) is 0 Å². The number of nitrogens with zero attached hydrogens (tertiary/aromatic N) is 1.